The number of ether oxygens (including phenoxy) is 2. The highest BCUT2D eigenvalue weighted by molar-refractivity contribution is 5.68. The highest BCUT2D eigenvalue weighted by Gasteiger charge is 2.17. The van der Waals surface area contributed by atoms with Crippen LogP contribution in [0.4, 0.5) is 0 Å². The molecule has 0 radical (unpaired) electrons. The Labute approximate surface area is 183 Å². The first-order chi connectivity index (χ1) is 15.1. The van der Waals surface area contributed by atoms with Gasteiger partial charge in [-0.05, 0) is 55.2 Å². The molecule has 1 unspecified atom stereocenters. The fourth-order valence-electron chi connectivity index (χ4n) is 3.41. The Morgan fingerprint density at radius 1 is 1.03 bits per heavy atom. The van der Waals surface area contributed by atoms with Gasteiger partial charge in [-0.15, -0.1) is 0 Å². The van der Waals surface area contributed by atoms with E-state index >= 15 is 0 Å². The van der Waals surface area contributed by atoms with Crippen molar-refractivity contribution in [2.75, 3.05) is 6.61 Å². The predicted molar refractivity (Wildman–Crippen MR) is 122 cm³/mol. The van der Waals surface area contributed by atoms with Gasteiger partial charge in [0.2, 0.25) is 0 Å². The molecule has 0 aliphatic heterocycles. The summed E-state index contributed by atoms with van der Waals surface area (Å²) in [6, 6.07) is 21.7. The molecule has 0 saturated heterocycles. The molecule has 3 aromatic rings. The Hall–Kier alpha value is -3.34. The summed E-state index contributed by atoms with van der Waals surface area (Å²) in [6.07, 6.45) is 3.51. The van der Waals surface area contributed by atoms with E-state index in [4.69, 9.17) is 19.6 Å². The van der Waals surface area contributed by atoms with Crippen LogP contribution in [-0.2, 0) is 11.2 Å². The van der Waals surface area contributed by atoms with Gasteiger partial charge < -0.3 is 14.6 Å². The van der Waals surface area contributed by atoms with Gasteiger partial charge in [-0.3, -0.25) is 0 Å². The lowest BCUT2D eigenvalue weighted by Gasteiger charge is -2.20. The molecule has 3 rings (SSSR count). The number of carbonyl (C=O) groups is 1. The summed E-state index contributed by atoms with van der Waals surface area (Å²) in [6.45, 7) is 3.81. The monoisotopic (exact) mass is 419 g/mol. The van der Waals surface area contributed by atoms with Crippen molar-refractivity contribution in [3.63, 3.8) is 0 Å². The number of aryl methyl sites for hydroxylation is 1. The largest absolute Gasteiger partial charge is 0.484 e. The maximum Gasteiger partial charge on any atom is 0.341 e. The molecule has 31 heavy (non-hydrogen) atoms. The Balaban J connectivity index is 1.84. The zero-order valence-corrected chi connectivity index (χ0v) is 18.1. The lowest BCUT2D eigenvalue weighted by molar-refractivity contribution is -0.139. The molecular weight excluding hydrogens is 390 g/mol. The zero-order chi connectivity index (χ0) is 22.1. The number of hydrogen-bond donors (Lipinski definition) is 1. The summed E-state index contributed by atoms with van der Waals surface area (Å²) in [5.41, 5.74) is 3.82. The zero-order valence-electron chi connectivity index (χ0n) is 18.1. The van der Waals surface area contributed by atoms with Crippen LogP contribution in [0.5, 0.6) is 11.5 Å². The molecule has 0 amide bonds. The number of carboxylic acid groups (broad SMARTS) is 1. The van der Waals surface area contributed by atoms with E-state index in [1.54, 1.807) is 6.07 Å². The number of hydrogen-bond acceptors (Lipinski definition) is 4. The second kappa shape index (κ2) is 11.2. The molecule has 0 saturated carbocycles. The third-order valence-corrected chi connectivity index (χ3v) is 5.03. The third-order valence-electron chi connectivity index (χ3n) is 5.03. The number of pyridine rings is 1. The second-order valence-electron chi connectivity index (χ2n) is 7.37. The molecule has 1 atom stereocenters. The number of carboxylic acids is 1. The van der Waals surface area contributed by atoms with Crippen LogP contribution in [-0.4, -0.2) is 22.7 Å². The Bertz CT molecular complexity index is 988. The van der Waals surface area contributed by atoms with Crippen molar-refractivity contribution in [3.8, 4) is 22.8 Å². The van der Waals surface area contributed by atoms with Crippen LogP contribution >= 0.6 is 0 Å². The van der Waals surface area contributed by atoms with E-state index in [1.807, 2.05) is 55.5 Å². The topological polar surface area (TPSA) is 68.7 Å². The first-order valence-electron chi connectivity index (χ1n) is 10.8. The van der Waals surface area contributed by atoms with Gasteiger partial charge in [0.05, 0.1) is 11.4 Å². The van der Waals surface area contributed by atoms with Gasteiger partial charge in [-0.2, -0.15) is 0 Å². The summed E-state index contributed by atoms with van der Waals surface area (Å²) in [4.78, 5) is 15.7. The normalized spacial score (nSPS) is 11.7. The Morgan fingerprint density at radius 2 is 1.84 bits per heavy atom. The van der Waals surface area contributed by atoms with Crippen molar-refractivity contribution < 1.29 is 19.4 Å². The second-order valence-corrected chi connectivity index (χ2v) is 7.37. The molecule has 5 nitrogen and oxygen atoms in total. The van der Waals surface area contributed by atoms with Crippen molar-refractivity contribution in [2.45, 2.75) is 45.6 Å². The first kappa shape index (κ1) is 22.3. The fourth-order valence-corrected chi connectivity index (χ4v) is 3.41. The van der Waals surface area contributed by atoms with Crippen molar-refractivity contribution in [1.29, 1.82) is 0 Å². The van der Waals surface area contributed by atoms with Gasteiger partial charge in [0.15, 0.2) is 6.61 Å². The van der Waals surface area contributed by atoms with Crippen molar-refractivity contribution in [3.05, 3.63) is 78.0 Å². The van der Waals surface area contributed by atoms with E-state index < -0.39 is 5.97 Å². The van der Waals surface area contributed by atoms with Crippen LogP contribution in [0.1, 0.15) is 50.5 Å². The number of rotatable bonds is 11. The first-order valence-corrected chi connectivity index (χ1v) is 10.8. The number of aromatic nitrogens is 1. The van der Waals surface area contributed by atoms with Gasteiger partial charge >= 0.3 is 5.97 Å². The van der Waals surface area contributed by atoms with Gasteiger partial charge in [0.1, 0.15) is 17.6 Å². The molecule has 1 heterocycles. The number of benzene rings is 2. The van der Waals surface area contributed by atoms with Crippen LogP contribution in [0.3, 0.4) is 0 Å². The molecule has 1 aromatic heterocycles. The summed E-state index contributed by atoms with van der Waals surface area (Å²) in [5, 5.41) is 8.87. The molecular formula is C26H29NO4. The van der Waals surface area contributed by atoms with Crippen molar-refractivity contribution in [2.24, 2.45) is 0 Å². The van der Waals surface area contributed by atoms with Gasteiger partial charge in [0, 0.05) is 5.56 Å². The van der Waals surface area contributed by atoms with Gasteiger partial charge in [0.25, 0.3) is 0 Å². The summed E-state index contributed by atoms with van der Waals surface area (Å²) < 4.78 is 11.8. The maximum atomic E-state index is 10.8. The lowest BCUT2D eigenvalue weighted by atomic mass is 10.1. The van der Waals surface area contributed by atoms with Crippen molar-refractivity contribution in [1.82, 2.24) is 4.98 Å². The third kappa shape index (κ3) is 6.32. The van der Waals surface area contributed by atoms with Crippen LogP contribution in [0.2, 0.25) is 0 Å². The molecule has 0 fully saturated rings. The molecule has 1 N–H and O–H groups in total. The Kier molecular flexibility index (Phi) is 8.05. The molecule has 0 aliphatic rings. The van der Waals surface area contributed by atoms with Crippen LogP contribution < -0.4 is 9.47 Å². The summed E-state index contributed by atoms with van der Waals surface area (Å²) in [7, 11) is 0. The highest BCUT2D eigenvalue weighted by Crippen LogP contribution is 2.31. The predicted octanol–water partition coefficient (Wildman–Crippen LogP) is 6.08. The average molecular weight is 420 g/mol. The van der Waals surface area contributed by atoms with Crippen LogP contribution in [0, 0.1) is 0 Å². The minimum absolute atomic E-state index is 0.167. The van der Waals surface area contributed by atoms with Crippen LogP contribution in [0.15, 0.2) is 66.7 Å². The van der Waals surface area contributed by atoms with Crippen molar-refractivity contribution >= 4 is 5.97 Å². The van der Waals surface area contributed by atoms with Gasteiger partial charge in [-0.25, -0.2) is 9.78 Å². The molecule has 0 spiro atoms. The van der Waals surface area contributed by atoms with Crippen LogP contribution in [0.25, 0.3) is 11.3 Å². The summed E-state index contributed by atoms with van der Waals surface area (Å²) in [5.74, 6) is 0.311. The van der Waals surface area contributed by atoms with E-state index in [0.29, 0.717) is 12.2 Å². The van der Waals surface area contributed by atoms with E-state index in [2.05, 4.69) is 19.1 Å². The quantitative estimate of drug-likeness (QED) is 0.408. The lowest BCUT2D eigenvalue weighted by Crippen LogP contribution is -2.12. The average Bonchev–Trinajstić information content (AvgIpc) is 2.81. The maximum absolute atomic E-state index is 10.8. The Morgan fingerprint density at radius 3 is 2.55 bits per heavy atom. The number of unbranched alkanes of at least 4 members (excludes halogenated alkanes) is 1. The van der Waals surface area contributed by atoms with E-state index in [9.17, 15) is 4.79 Å². The van der Waals surface area contributed by atoms with E-state index in [0.717, 1.165) is 47.5 Å². The fraction of sp³-hybridized carbons (Fsp3) is 0.308. The number of aliphatic carboxylic acids is 1. The SMILES string of the molecule is CCCCC(Oc1ccc(OCC(=O)O)c(CC)c1)c1cccc(-c2ccccc2)n1. The minimum Gasteiger partial charge on any atom is -0.484 e. The summed E-state index contributed by atoms with van der Waals surface area (Å²) >= 11 is 0. The van der Waals surface area contributed by atoms with E-state index in [-0.39, 0.29) is 12.7 Å². The van der Waals surface area contributed by atoms with Gasteiger partial charge in [-0.1, -0.05) is 56.7 Å². The smallest absolute Gasteiger partial charge is 0.341 e. The molecule has 5 heteroatoms. The number of nitrogens with zero attached hydrogens (tertiary/aromatic N) is 1. The van der Waals surface area contributed by atoms with E-state index in [1.165, 1.54) is 0 Å². The molecule has 2 aromatic carbocycles. The minimum atomic E-state index is -0.994. The molecule has 162 valence electrons. The molecule has 0 aliphatic carbocycles. The molecule has 0 bridgehead atoms. The highest BCUT2D eigenvalue weighted by atomic mass is 16.5. The standard InChI is InChI=1S/C26H29NO4/c1-3-5-14-25(23-13-9-12-22(27-23)20-10-7-6-8-11-20)31-21-15-16-24(19(4-2)17-21)30-18-26(28)29/h6-13,15-17,25H,3-5,14,18H2,1-2H3,(H,28,29).